The van der Waals surface area contributed by atoms with Crippen LogP contribution in [0, 0.1) is 20.8 Å². The summed E-state index contributed by atoms with van der Waals surface area (Å²) in [6, 6.07) is 8.98. The van der Waals surface area contributed by atoms with Gasteiger partial charge < -0.3 is 14.6 Å². The number of hydrogen-bond acceptors (Lipinski definition) is 6. The standard InChI is InChI=1S/C21H21N5O3/c1-12-17-9-15(10-22-20(17)26(4)24-12)23-21(27)16-7-5-6-8-19(16)28-11-18-13(2)25-29-14(18)3/h5-10H,11H2,1-4H3,(H,23,27). The van der Waals surface area contributed by atoms with Gasteiger partial charge in [0.15, 0.2) is 5.65 Å². The number of amides is 1. The molecule has 0 spiro atoms. The molecule has 0 unspecified atom stereocenters. The Bertz CT molecular complexity index is 1190. The van der Waals surface area contributed by atoms with Gasteiger partial charge in [0.2, 0.25) is 0 Å². The highest BCUT2D eigenvalue weighted by atomic mass is 16.5. The Kier molecular flexibility index (Phi) is 4.75. The van der Waals surface area contributed by atoms with Crippen LogP contribution in [-0.4, -0.2) is 25.8 Å². The molecule has 1 N–H and O–H groups in total. The monoisotopic (exact) mass is 391 g/mol. The predicted octanol–water partition coefficient (Wildman–Crippen LogP) is 3.71. The van der Waals surface area contributed by atoms with Gasteiger partial charge in [-0.15, -0.1) is 0 Å². The molecule has 29 heavy (non-hydrogen) atoms. The van der Waals surface area contributed by atoms with Gasteiger partial charge in [-0.2, -0.15) is 5.10 Å². The molecule has 8 nitrogen and oxygen atoms in total. The van der Waals surface area contributed by atoms with Crippen LogP contribution < -0.4 is 10.1 Å². The molecule has 0 aliphatic carbocycles. The molecule has 0 saturated heterocycles. The third-order valence-corrected chi connectivity index (χ3v) is 4.81. The first-order chi connectivity index (χ1) is 13.9. The lowest BCUT2D eigenvalue weighted by Gasteiger charge is -2.12. The van der Waals surface area contributed by atoms with Crippen molar-refractivity contribution in [3.05, 3.63) is 64.8 Å². The average Bonchev–Trinajstić information content (AvgIpc) is 3.18. The number of nitrogens with zero attached hydrogens (tertiary/aromatic N) is 4. The molecule has 0 radical (unpaired) electrons. The van der Waals surface area contributed by atoms with E-state index < -0.39 is 0 Å². The first kappa shape index (κ1) is 18.7. The van der Waals surface area contributed by atoms with Gasteiger partial charge in [-0.1, -0.05) is 17.3 Å². The van der Waals surface area contributed by atoms with Gasteiger partial charge in [0, 0.05) is 12.4 Å². The minimum absolute atomic E-state index is 0.272. The summed E-state index contributed by atoms with van der Waals surface area (Å²) in [7, 11) is 1.84. The van der Waals surface area contributed by atoms with Crippen LogP contribution in [0.3, 0.4) is 0 Å². The van der Waals surface area contributed by atoms with Crippen molar-refractivity contribution in [2.24, 2.45) is 7.05 Å². The Morgan fingerprint density at radius 3 is 2.76 bits per heavy atom. The summed E-state index contributed by atoms with van der Waals surface area (Å²) in [6.45, 7) is 5.87. The first-order valence-electron chi connectivity index (χ1n) is 9.18. The number of fused-ring (bicyclic) bond motifs is 1. The average molecular weight is 391 g/mol. The van der Waals surface area contributed by atoms with E-state index in [1.165, 1.54) is 0 Å². The van der Waals surface area contributed by atoms with Crippen LogP contribution in [0.1, 0.15) is 33.1 Å². The summed E-state index contributed by atoms with van der Waals surface area (Å²) in [6.07, 6.45) is 1.62. The quantitative estimate of drug-likeness (QED) is 0.557. The molecule has 3 aromatic heterocycles. The minimum Gasteiger partial charge on any atom is -0.488 e. The highest BCUT2D eigenvalue weighted by Gasteiger charge is 2.16. The molecule has 0 saturated carbocycles. The van der Waals surface area contributed by atoms with Gasteiger partial charge in [-0.25, -0.2) is 4.98 Å². The molecule has 0 atom stereocenters. The zero-order valence-corrected chi connectivity index (χ0v) is 16.7. The number of hydrogen-bond donors (Lipinski definition) is 1. The Morgan fingerprint density at radius 2 is 2.00 bits per heavy atom. The topological polar surface area (TPSA) is 95.1 Å². The van der Waals surface area contributed by atoms with Gasteiger partial charge in [0.25, 0.3) is 5.91 Å². The summed E-state index contributed by atoms with van der Waals surface area (Å²) in [5.74, 6) is 0.911. The van der Waals surface area contributed by atoms with E-state index in [9.17, 15) is 4.79 Å². The largest absolute Gasteiger partial charge is 0.488 e. The van der Waals surface area contributed by atoms with Gasteiger partial charge in [-0.3, -0.25) is 9.48 Å². The van der Waals surface area contributed by atoms with Gasteiger partial charge in [0.1, 0.15) is 18.1 Å². The highest BCUT2D eigenvalue weighted by molar-refractivity contribution is 6.06. The van der Waals surface area contributed by atoms with Crippen molar-refractivity contribution in [2.75, 3.05) is 5.32 Å². The van der Waals surface area contributed by atoms with Crippen molar-refractivity contribution in [3.63, 3.8) is 0 Å². The summed E-state index contributed by atoms with van der Waals surface area (Å²) < 4.78 is 12.8. The van der Waals surface area contributed by atoms with E-state index in [0.717, 1.165) is 28.0 Å². The van der Waals surface area contributed by atoms with E-state index in [0.29, 0.717) is 22.8 Å². The fourth-order valence-corrected chi connectivity index (χ4v) is 3.21. The molecule has 4 rings (SSSR count). The molecule has 0 aliphatic rings. The molecule has 0 bridgehead atoms. The van der Waals surface area contributed by atoms with Crippen molar-refractivity contribution >= 4 is 22.6 Å². The summed E-state index contributed by atoms with van der Waals surface area (Å²) >= 11 is 0. The second kappa shape index (κ2) is 7.38. The molecular weight excluding hydrogens is 370 g/mol. The Hall–Kier alpha value is -3.68. The van der Waals surface area contributed by atoms with Crippen molar-refractivity contribution < 1.29 is 14.1 Å². The number of benzene rings is 1. The number of para-hydroxylation sites is 1. The van der Waals surface area contributed by atoms with Crippen LogP contribution in [0.5, 0.6) is 5.75 Å². The summed E-state index contributed by atoms with van der Waals surface area (Å²) in [5.41, 5.74) is 4.30. The second-order valence-corrected chi connectivity index (χ2v) is 6.85. The van der Waals surface area contributed by atoms with Crippen LogP contribution in [0.4, 0.5) is 5.69 Å². The number of pyridine rings is 1. The molecule has 0 aliphatic heterocycles. The van der Waals surface area contributed by atoms with E-state index in [-0.39, 0.29) is 12.5 Å². The van der Waals surface area contributed by atoms with E-state index in [2.05, 4.69) is 20.6 Å². The number of carbonyl (C=O) groups is 1. The third-order valence-electron chi connectivity index (χ3n) is 4.81. The molecule has 1 aromatic carbocycles. The van der Waals surface area contributed by atoms with Crippen LogP contribution in [0.25, 0.3) is 11.0 Å². The van der Waals surface area contributed by atoms with Crippen molar-refractivity contribution in [3.8, 4) is 5.75 Å². The second-order valence-electron chi connectivity index (χ2n) is 6.85. The van der Waals surface area contributed by atoms with Crippen molar-refractivity contribution in [2.45, 2.75) is 27.4 Å². The first-order valence-corrected chi connectivity index (χ1v) is 9.18. The molecular formula is C21H21N5O3. The fourth-order valence-electron chi connectivity index (χ4n) is 3.21. The third kappa shape index (κ3) is 3.56. The maximum atomic E-state index is 12.9. The normalized spacial score (nSPS) is 11.0. The number of anilines is 1. The van der Waals surface area contributed by atoms with Gasteiger partial charge in [0.05, 0.1) is 34.4 Å². The van der Waals surface area contributed by atoms with E-state index in [1.54, 1.807) is 29.1 Å². The van der Waals surface area contributed by atoms with Crippen LogP contribution in [-0.2, 0) is 13.7 Å². The maximum absolute atomic E-state index is 12.9. The summed E-state index contributed by atoms with van der Waals surface area (Å²) in [4.78, 5) is 17.3. The van der Waals surface area contributed by atoms with E-state index >= 15 is 0 Å². The van der Waals surface area contributed by atoms with Crippen molar-refractivity contribution in [1.82, 2.24) is 19.9 Å². The number of aromatic nitrogens is 4. The smallest absolute Gasteiger partial charge is 0.259 e. The Balaban J connectivity index is 1.55. The van der Waals surface area contributed by atoms with E-state index in [4.69, 9.17) is 9.26 Å². The lowest BCUT2D eigenvalue weighted by Crippen LogP contribution is -2.14. The molecule has 1 amide bonds. The SMILES string of the molecule is Cc1noc(C)c1COc1ccccc1C(=O)Nc1cnc2c(c1)c(C)nn2C. The molecule has 4 aromatic rings. The Morgan fingerprint density at radius 1 is 1.21 bits per heavy atom. The maximum Gasteiger partial charge on any atom is 0.259 e. The lowest BCUT2D eigenvalue weighted by atomic mass is 10.1. The molecule has 0 fully saturated rings. The zero-order valence-electron chi connectivity index (χ0n) is 16.7. The van der Waals surface area contributed by atoms with E-state index in [1.807, 2.05) is 40.0 Å². The summed E-state index contributed by atoms with van der Waals surface area (Å²) in [5, 5.41) is 12.1. The number of nitrogens with one attached hydrogen (secondary N) is 1. The van der Waals surface area contributed by atoms with Crippen molar-refractivity contribution in [1.29, 1.82) is 0 Å². The molecule has 8 heteroatoms. The highest BCUT2D eigenvalue weighted by Crippen LogP contribution is 2.24. The van der Waals surface area contributed by atoms with Gasteiger partial charge in [-0.05, 0) is 39.0 Å². The number of aryl methyl sites for hydroxylation is 4. The minimum atomic E-state index is -0.276. The predicted molar refractivity (Wildman–Crippen MR) is 108 cm³/mol. The van der Waals surface area contributed by atoms with Gasteiger partial charge >= 0.3 is 0 Å². The molecule has 148 valence electrons. The lowest BCUT2D eigenvalue weighted by molar-refractivity contribution is 0.102. The number of ether oxygens (including phenoxy) is 1. The number of rotatable bonds is 5. The number of carbonyl (C=O) groups excluding carboxylic acids is 1. The van der Waals surface area contributed by atoms with Crippen LogP contribution in [0.2, 0.25) is 0 Å². The molecule has 3 heterocycles. The fraction of sp³-hybridized carbons (Fsp3) is 0.238. The Labute approximate surface area is 167 Å². The zero-order chi connectivity index (χ0) is 20.5. The van der Waals surface area contributed by atoms with Crippen LogP contribution >= 0.6 is 0 Å². The van der Waals surface area contributed by atoms with Crippen LogP contribution in [0.15, 0.2) is 41.1 Å².